The zero-order chi connectivity index (χ0) is 14.6. The molecule has 108 valence electrons. The van der Waals surface area contributed by atoms with Crippen LogP contribution < -0.4 is 5.73 Å². The average Bonchev–Trinajstić information content (AvgIpc) is 2.34. The lowest BCUT2D eigenvalue weighted by Crippen LogP contribution is -2.33. The topological polar surface area (TPSA) is 83.6 Å². The molecule has 19 heavy (non-hydrogen) atoms. The summed E-state index contributed by atoms with van der Waals surface area (Å²) in [6, 6.07) is 3.43. The van der Waals surface area contributed by atoms with Gasteiger partial charge in [0, 0.05) is 19.7 Å². The molecule has 5 nitrogen and oxygen atoms in total. The van der Waals surface area contributed by atoms with Crippen molar-refractivity contribution >= 4 is 15.7 Å². The largest absolute Gasteiger partial charge is 0.398 e. The van der Waals surface area contributed by atoms with Crippen molar-refractivity contribution in [1.82, 2.24) is 4.31 Å². The maximum Gasteiger partial charge on any atom is 0.245 e. The maximum atomic E-state index is 12.6. The highest BCUT2D eigenvalue weighted by Gasteiger charge is 2.27. The van der Waals surface area contributed by atoms with E-state index in [-0.39, 0.29) is 17.2 Å². The van der Waals surface area contributed by atoms with Gasteiger partial charge in [-0.05, 0) is 37.5 Å². The van der Waals surface area contributed by atoms with Crippen molar-refractivity contribution in [3.05, 3.63) is 23.3 Å². The number of nitrogen functional groups attached to an aromatic ring is 1. The fourth-order valence-electron chi connectivity index (χ4n) is 1.98. The molecular weight excluding hydrogens is 264 g/mol. The van der Waals surface area contributed by atoms with Crippen LogP contribution in [0.25, 0.3) is 0 Å². The molecule has 0 bridgehead atoms. The highest BCUT2D eigenvalue weighted by molar-refractivity contribution is 7.89. The van der Waals surface area contributed by atoms with Crippen molar-refractivity contribution in [2.24, 2.45) is 0 Å². The molecule has 0 fully saturated rings. The van der Waals surface area contributed by atoms with Crippen LogP contribution in [0, 0.1) is 13.8 Å². The van der Waals surface area contributed by atoms with Gasteiger partial charge in [0.05, 0.1) is 5.69 Å². The highest BCUT2D eigenvalue weighted by atomic mass is 32.2. The summed E-state index contributed by atoms with van der Waals surface area (Å²) in [5, 5.41) is 8.85. The second kappa shape index (κ2) is 6.36. The van der Waals surface area contributed by atoms with Crippen LogP contribution in [0.3, 0.4) is 0 Å². The molecule has 0 aliphatic heterocycles. The van der Waals surface area contributed by atoms with Gasteiger partial charge in [-0.25, -0.2) is 8.42 Å². The summed E-state index contributed by atoms with van der Waals surface area (Å²) in [5.41, 5.74) is 7.69. The van der Waals surface area contributed by atoms with Gasteiger partial charge >= 0.3 is 0 Å². The quantitative estimate of drug-likeness (QED) is 0.772. The summed E-state index contributed by atoms with van der Waals surface area (Å²) in [6.07, 6.45) is 0.415. The molecule has 0 aliphatic carbocycles. The third-order valence-electron chi connectivity index (χ3n) is 3.22. The van der Waals surface area contributed by atoms with Crippen molar-refractivity contribution in [2.45, 2.75) is 32.1 Å². The first kappa shape index (κ1) is 15.9. The van der Waals surface area contributed by atoms with E-state index in [0.29, 0.717) is 25.1 Å². The van der Waals surface area contributed by atoms with Crippen LogP contribution >= 0.6 is 0 Å². The summed E-state index contributed by atoms with van der Waals surface area (Å²) in [6.45, 7) is 6.01. The molecule has 1 rings (SSSR count). The van der Waals surface area contributed by atoms with E-state index in [4.69, 9.17) is 10.8 Å². The van der Waals surface area contributed by atoms with Gasteiger partial charge in [-0.3, -0.25) is 0 Å². The van der Waals surface area contributed by atoms with Crippen LogP contribution in [0.15, 0.2) is 17.0 Å². The third-order valence-corrected chi connectivity index (χ3v) is 5.40. The van der Waals surface area contributed by atoms with Gasteiger partial charge in [0.25, 0.3) is 0 Å². The summed E-state index contributed by atoms with van der Waals surface area (Å²) >= 11 is 0. The van der Waals surface area contributed by atoms with Crippen LogP contribution in [-0.2, 0) is 10.0 Å². The average molecular weight is 286 g/mol. The Morgan fingerprint density at radius 2 is 1.95 bits per heavy atom. The molecule has 0 heterocycles. The number of rotatable bonds is 6. The second-order valence-electron chi connectivity index (χ2n) is 4.50. The molecule has 1 aromatic carbocycles. The van der Waals surface area contributed by atoms with Gasteiger partial charge in [-0.2, -0.15) is 4.31 Å². The molecule has 1 aromatic rings. The standard InChI is InChI=1S/C13H22N2O3S/c1-4-15(8-5-9-16)19(17,18)13-11(3)10(2)6-7-12(13)14/h6-7,16H,4-5,8-9,14H2,1-3H3. The fraction of sp³-hybridized carbons (Fsp3) is 0.538. The van der Waals surface area contributed by atoms with E-state index in [0.717, 1.165) is 5.56 Å². The summed E-state index contributed by atoms with van der Waals surface area (Å²) < 4.78 is 26.6. The van der Waals surface area contributed by atoms with Gasteiger partial charge < -0.3 is 10.8 Å². The molecule has 0 aliphatic rings. The van der Waals surface area contributed by atoms with Crippen LogP contribution in [0.2, 0.25) is 0 Å². The van der Waals surface area contributed by atoms with Crippen molar-refractivity contribution in [2.75, 3.05) is 25.4 Å². The van der Waals surface area contributed by atoms with E-state index < -0.39 is 10.0 Å². The lowest BCUT2D eigenvalue weighted by atomic mass is 10.1. The number of anilines is 1. The molecule has 0 atom stereocenters. The minimum atomic E-state index is -3.61. The Bertz CT molecular complexity index is 541. The minimum Gasteiger partial charge on any atom is -0.398 e. The minimum absolute atomic E-state index is 0.0334. The SMILES string of the molecule is CCN(CCCO)S(=O)(=O)c1c(N)ccc(C)c1C. The lowest BCUT2D eigenvalue weighted by Gasteiger charge is -2.22. The predicted octanol–water partition coefficient (Wildman–Crippen LogP) is 1.28. The van der Waals surface area contributed by atoms with E-state index >= 15 is 0 Å². The first-order valence-corrected chi connectivity index (χ1v) is 7.77. The highest BCUT2D eigenvalue weighted by Crippen LogP contribution is 2.28. The monoisotopic (exact) mass is 286 g/mol. The molecule has 0 spiro atoms. The molecule has 0 saturated heterocycles. The van der Waals surface area contributed by atoms with Gasteiger partial charge in [0.2, 0.25) is 10.0 Å². The van der Waals surface area contributed by atoms with E-state index in [1.165, 1.54) is 4.31 Å². The number of aliphatic hydroxyl groups is 1. The van der Waals surface area contributed by atoms with Gasteiger partial charge in [0.15, 0.2) is 0 Å². The zero-order valence-corrected chi connectivity index (χ0v) is 12.5. The first-order valence-electron chi connectivity index (χ1n) is 6.33. The van der Waals surface area contributed by atoms with E-state index in [9.17, 15) is 8.42 Å². The van der Waals surface area contributed by atoms with Crippen molar-refractivity contribution in [1.29, 1.82) is 0 Å². The van der Waals surface area contributed by atoms with Crippen molar-refractivity contribution in [3.8, 4) is 0 Å². The molecule has 0 aromatic heterocycles. The predicted molar refractivity (Wildman–Crippen MR) is 76.5 cm³/mol. The molecule has 0 radical (unpaired) electrons. The Morgan fingerprint density at radius 3 is 2.47 bits per heavy atom. The Kier molecular flexibility index (Phi) is 5.34. The van der Waals surface area contributed by atoms with Crippen LogP contribution in [0.1, 0.15) is 24.5 Å². The zero-order valence-electron chi connectivity index (χ0n) is 11.7. The summed E-state index contributed by atoms with van der Waals surface area (Å²) in [4.78, 5) is 0.187. The van der Waals surface area contributed by atoms with Crippen molar-refractivity contribution < 1.29 is 13.5 Å². The van der Waals surface area contributed by atoms with Gasteiger partial charge in [-0.15, -0.1) is 0 Å². The molecule has 0 saturated carbocycles. The third kappa shape index (κ3) is 3.26. The molecular formula is C13H22N2O3S. The van der Waals surface area contributed by atoms with Gasteiger partial charge in [0.1, 0.15) is 4.90 Å². The van der Waals surface area contributed by atoms with Gasteiger partial charge in [-0.1, -0.05) is 13.0 Å². The number of aryl methyl sites for hydroxylation is 1. The summed E-state index contributed by atoms with van der Waals surface area (Å²) in [7, 11) is -3.61. The Morgan fingerprint density at radius 1 is 1.32 bits per heavy atom. The number of sulfonamides is 1. The van der Waals surface area contributed by atoms with Crippen molar-refractivity contribution in [3.63, 3.8) is 0 Å². The normalized spacial score (nSPS) is 12.1. The number of nitrogens with two attached hydrogens (primary N) is 1. The Labute approximate surface area is 115 Å². The number of aliphatic hydroxyl groups excluding tert-OH is 1. The summed E-state index contributed by atoms with van der Waals surface area (Å²) in [5.74, 6) is 0. The first-order chi connectivity index (χ1) is 8.86. The molecule has 0 unspecified atom stereocenters. The number of nitrogens with zero attached hydrogens (tertiary/aromatic N) is 1. The Balaban J connectivity index is 3.30. The Hall–Kier alpha value is -1.11. The van der Waals surface area contributed by atoms with E-state index in [2.05, 4.69) is 0 Å². The van der Waals surface area contributed by atoms with E-state index in [1.807, 2.05) is 13.0 Å². The number of hydrogen-bond acceptors (Lipinski definition) is 4. The fourth-order valence-corrected chi connectivity index (χ4v) is 3.86. The molecule has 3 N–H and O–H groups in total. The lowest BCUT2D eigenvalue weighted by molar-refractivity contribution is 0.271. The number of hydrogen-bond donors (Lipinski definition) is 2. The molecule has 0 amide bonds. The number of benzene rings is 1. The van der Waals surface area contributed by atoms with E-state index in [1.54, 1.807) is 19.9 Å². The van der Waals surface area contributed by atoms with Crippen LogP contribution in [0.4, 0.5) is 5.69 Å². The maximum absolute atomic E-state index is 12.6. The smallest absolute Gasteiger partial charge is 0.245 e. The second-order valence-corrected chi connectivity index (χ2v) is 6.37. The van der Waals surface area contributed by atoms with Crippen LogP contribution in [-0.4, -0.2) is 37.5 Å². The molecule has 6 heteroatoms. The van der Waals surface area contributed by atoms with Crippen LogP contribution in [0.5, 0.6) is 0 Å².